The molecule has 172 valence electrons. The predicted molar refractivity (Wildman–Crippen MR) is 124 cm³/mol. The van der Waals surface area contributed by atoms with Gasteiger partial charge < -0.3 is 25.4 Å². The molecule has 0 saturated carbocycles. The molecule has 3 N–H and O–H groups in total. The minimum Gasteiger partial charge on any atom is -0.454 e. The molecule has 34 heavy (non-hydrogen) atoms. The minimum absolute atomic E-state index is 0.0784. The lowest BCUT2D eigenvalue weighted by Gasteiger charge is -2.10. The van der Waals surface area contributed by atoms with Crippen LogP contribution in [0.2, 0.25) is 0 Å². The number of amides is 3. The van der Waals surface area contributed by atoms with Gasteiger partial charge in [-0.05, 0) is 54.1 Å². The Balaban J connectivity index is 1.35. The Labute approximate surface area is 195 Å². The first kappa shape index (κ1) is 22.5. The van der Waals surface area contributed by atoms with Crippen LogP contribution in [0.25, 0.3) is 0 Å². The lowest BCUT2D eigenvalue weighted by molar-refractivity contribution is -0.114. The Morgan fingerprint density at radius 3 is 2.35 bits per heavy atom. The van der Waals surface area contributed by atoms with Gasteiger partial charge in [-0.15, -0.1) is 0 Å². The maximum atomic E-state index is 12.6. The van der Waals surface area contributed by atoms with Crippen molar-refractivity contribution < 1.29 is 28.7 Å². The summed E-state index contributed by atoms with van der Waals surface area (Å²) in [6, 6.07) is 17.8. The smallest absolute Gasteiger partial charge is 0.296 e. The van der Waals surface area contributed by atoms with Gasteiger partial charge in [0.2, 0.25) is 12.7 Å². The van der Waals surface area contributed by atoms with Crippen molar-refractivity contribution in [1.82, 2.24) is 5.32 Å². The summed E-state index contributed by atoms with van der Waals surface area (Å²) in [6.45, 7) is 1.80. The summed E-state index contributed by atoms with van der Waals surface area (Å²) in [7, 11) is 0. The molecule has 9 heteroatoms. The zero-order valence-corrected chi connectivity index (χ0v) is 18.2. The Bertz CT molecular complexity index is 1270. The van der Waals surface area contributed by atoms with E-state index in [0.29, 0.717) is 29.3 Å². The van der Waals surface area contributed by atoms with E-state index in [0.717, 1.165) is 5.56 Å². The number of carbonyl (C=O) groups is 4. The van der Waals surface area contributed by atoms with Gasteiger partial charge in [-0.2, -0.15) is 0 Å². The molecule has 0 aliphatic carbocycles. The number of rotatable bonds is 7. The molecule has 3 aromatic rings. The topological polar surface area (TPSA) is 123 Å². The number of nitrogens with one attached hydrogen (secondary N) is 3. The number of hydrogen-bond donors (Lipinski definition) is 3. The molecule has 9 nitrogen and oxygen atoms in total. The summed E-state index contributed by atoms with van der Waals surface area (Å²) in [6.07, 6.45) is 0. The molecule has 0 fully saturated rings. The van der Waals surface area contributed by atoms with Crippen LogP contribution in [-0.2, 0) is 16.1 Å². The van der Waals surface area contributed by atoms with Gasteiger partial charge >= 0.3 is 0 Å². The van der Waals surface area contributed by atoms with Crippen LogP contribution in [0.3, 0.4) is 0 Å². The molecular weight excluding hydrogens is 438 g/mol. The van der Waals surface area contributed by atoms with E-state index in [1.165, 1.54) is 25.1 Å². The molecule has 0 spiro atoms. The van der Waals surface area contributed by atoms with Crippen molar-refractivity contribution >= 4 is 34.9 Å². The summed E-state index contributed by atoms with van der Waals surface area (Å²) in [5, 5.41) is 7.86. The highest BCUT2D eigenvalue weighted by Crippen LogP contribution is 2.32. The van der Waals surface area contributed by atoms with Gasteiger partial charge in [0, 0.05) is 24.7 Å². The first-order chi connectivity index (χ1) is 16.4. The van der Waals surface area contributed by atoms with Crippen LogP contribution in [0, 0.1) is 0 Å². The standard InChI is InChI=1S/C25H21N3O6/c1-15(29)27-20-5-3-2-4-19(20)23(30)25(32)28-18-9-7-17(8-10-18)24(31)26-13-16-6-11-21-22(12-16)34-14-33-21/h2-12H,13-14H2,1H3,(H,26,31)(H,27,29)(H,28,32). The van der Waals surface area contributed by atoms with E-state index in [1.54, 1.807) is 36.4 Å². The Morgan fingerprint density at radius 1 is 0.853 bits per heavy atom. The molecule has 0 bridgehead atoms. The molecule has 3 aromatic carbocycles. The van der Waals surface area contributed by atoms with Crippen molar-refractivity contribution in [2.24, 2.45) is 0 Å². The summed E-state index contributed by atoms with van der Waals surface area (Å²) < 4.78 is 10.6. The first-order valence-electron chi connectivity index (χ1n) is 10.4. The average Bonchev–Trinajstić information content (AvgIpc) is 3.30. The van der Waals surface area contributed by atoms with Crippen molar-refractivity contribution in [3.63, 3.8) is 0 Å². The number of fused-ring (bicyclic) bond motifs is 1. The molecule has 1 heterocycles. The van der Waals surface area contributed by atoms with Crippen molar-refractivity contribution in [2.75, 3.05) is 17.4 Å². The number of Topliss-reactive ketones (excluding diaryl/α,β-unsaturated/α-hetero) is 1. The number of ketones is 1. The number of para-hydroxylation sites is 1. The van der Waals surface area contributed by atoms with E-state index >= 15 is 0 Å². The van der Waals surface area contributed by atoms with Crippen LogP contribution in [0.15, 0.2) is 66.7 Å². The molecule has 3 amide bonds. The highest BCUT2D eigenvalue weighted by Gasteiger charge is 2.20. The van der Waals surface area contributed by atoms with E-state index in [1.807, 2.05) is 12.1 Å². The third kappa shape index (κ3) is 5.21. The highest BCUT2D eigenvalue weighted by atomic mass is 16.7. The second kappa shape index (κ2) is 9.86. The molecule has 0 saturated heterocycles. The van der Waals surface area contributed by atoms with Crippen molar-refractivity contribution in [2.45, 2.75) is 13.5 Å². The zero-order chi connectivity index (χ0) is 24.1. The van der Waals surface area contributed by atoms with Crippen molar-refractivity contribution in [3.8, 4) is 11.5 Å². The fourth-order valence-electron chi connectivity index (χ4n) is 3.33. The van der Waals surface area contributed by atoms with E-state index in [-0.39, 0.29) is 29.9 Å². The lowest BCUT2D eigenvalue weighted by atomic mass is 10.1. The van der Waals surface area contributed by atoms with E-state index in [9.17, 15) is 19.2 Å². The fraction of sp³-hybridized carbons (Fsp3) is 0.120. The van der Waals surface area contributed by atoms with E-state index in [2.05, 4.69) is 16.0 Å². The second-order valence-electron chi connectivity index (χ2n) is 7.46. The van der Waals surface area contributed by atoms with Gasteiger partial charge in [0.15, 0.2) is 11.5 Å². The Morgan fingerprint density at radius 2 is 1.59 bits per heavy atom. The molecule has 0 aromatic heterocycles. The van der Waals surface area contributed by atoms with Crippen LogP contribution in [0.4, 0.5) is 11.4 Å². The molecular formula is C25H21N3O6. The third-order valence-electron chi connectivity index (χ3n) is 4.98. The van der Waals surface area contributed by atoms with Gasteiger partial charge in [-0.1, -0.05) is 18.2 Å². The Hall–Kier alpha value is -4.66. The lowest BCUT2D eigenvalue weighted by Crippen LogP contribution is -2.25. The molecule has 1 aliphatic rings. The molecule has 0 radical (unpaired) electrons. The van der Waals surface area contributed by atoms with E-state index in [4.69, 9.17) is 9.47 Å². The minimum atomic E-state index is -0.863. The monoisotopic (exact) mass is 459 g/mol. The maximum Gasteiger partial charge on any atom is 0.296 e. The van der Waals surface area contributed by atoms with Gasteiger partial charge in [0.05, 0.1) is 11.3 Å². The van der Waals surface area contributed by atoms with Gasteiger partial charge in [0.1, 0.15) is 0 Å². The fourth-order valence-corrected chi connectivity index (χ4v) is 3.33. The van der Waals surface area contributed by atoms with Crippen LogP contribution < -0.4 is 25.4 Å². The number of anilines is 2. The van der Waals surface area contributed by atoms with Crippen LogP contribution in [0.5, 0.6) is 11.5 Å². The largest absolute Gasteiger partial charge is 0.454 e. The normalized spacial score (nSPS) is 11.4. The predicted octanol–water partition coefficient (Wildman–Crippen LogP) is 3.13. The van der Waals surface area contributed by atoms with Crippen molar-refractivity contribution in [1.29, 1.82) is 0 Å². The summed E-state index contributed by atoms with van der Waals surface area (Å²) in [4.78, 5) is 48.8. The molecule has 4 rings (SSSR count). The average molecular weight is 459 g/mol. The summed E-state index contributed by atoms with van der Waals surface area (Å²) in [5.74, 6) is -0.998. The molecule has 0 unspecified atom stereocenters. The number of benzene rings is 3. The summed E-state index contributed by atoms with van der Waals surface area (Å²) in [5.41, 5.74) is 1.93. The van der Waals surface area contributed by atoms with Gasteiger partial charge in [0.25, 0.3) is 17.6 Å². The SMILES string of the molecule is CC(=O)Nc1ccccc1C(=O)C(=O)Nc1ccc(C(=O)NCc2ccc3c(c2)OCO3)cc1. The number of ether oxygens (including phenoxy) is 2. The highest BCUT2D eigenvalue weighted by molar-refractivity contribution is 6.47. The number of carbonyl (C=O) groups excluding carboxylic acids is 4. The maximum absolute atomic E-state index is 12.6. The zero-order valence-electron chi connectivity index (χ0n) is 18.2. The molecule has 0 atom stereocenters. The second-order valence-corrected chi connectivity index (χ2v) is 7.46. The van der Waals surface area contributed by atoms with Gasteiger partial charge in [-0.3, -0.25) is 19.2 Å². The quantitative estimate of drug-likeness (QED) is 0.369. The van der Waals surface area contributed by atoms with Crippen molar-refractivity contribution in [3.05, 3.63) is 83.4 Å². The first-order valence-corrected chi connectivity index (χ1v) is 10.4. The van der Waals surface area contributed by atoms with Crippen LogP contribution >= 0.6 is 0 Å². The van der Waals surface area contributed by atoms with Crippen LogP contribution in [-0.4, -0.2) is 30.3 Å². The van der Waals surface area contributed by atoms with E-state index < -0.39 is 11.7 Å². The Kier molecular flexibility index (Phi) is 6.54. The van der Waals surface area contributed by atoms with Gasteiger partial charge in [-0.25, -0.2) is 0 Å². The summed E-state index contributed by atoms with van der Waals surface area (Å²) >= 11 is 0. The third-order valence-corrected chi connectivity index (χ3v) is 4.98. The number of hydrogen-bond acceptors (Lipinski definition) is 6. The molecule has 1 aliphatic heterocycles. The van der Waals surface area contributed by atoms with Crippen LogP contribution in [0.1, 0.15) is 33.2 Å².